The first-order valence-corrected chi connectivity index (χ1v) is 10.2. The molecular weight excluding hydrogens is 358 g/mol. The number of nitrogens with one attached hydrogen (secondary N) is 1. The van der Waals surface area contributed by atoms with Crippen LogP contribution in [-0.2, 0) is 27.3 Å². The Hall–Kier alpha value is -1.64. The molecule has 1 saturated heterocycles. The number of aryl methyl sites for hydroxylation is 1. The number of nitrogens with zero attached hydrogens (tertiary/aromatic N) is 4. The highest BCUT2D eigenvalue weighted by atomic mass is 16.5. The molecule has 0 saturated carbocycles. The lowest BCUT2D eigenvalue weighted by Gasteiger charge is -2.34. The van der Waals surface area contributed by atoms with Gasteiger partial charge in [0, 0.05) is 65.4 Å². The number of ether oxygens (including phenoxy) is 3. The van der Waals surface area contributed by atoms with Gasteiger partial charge in [-0.25, -0.2) is 0 Å². The van der Waals surface area contributed by atoms with Crippen molar-refractivity contribution in [3.63, 3.8) is 0 Å². The van der Waals surface area contributed by atoms with Crippen molar-refractivity contribution in [3.8, 4) is 0 Å². The van der Waals surface area contributed by atoms with Crippen LogP contribution >= 0.6 is 0 Å². The zero-order valence-corrected chi connectivity index (χ0v) is 18.2. The molecule has 0 spiro atoms. The number of piperidine rings is 1. The summed E-state index contributed by atoms with van der Waals surface area (Å²) in [5, 5.41) is 8.15. The predicted molar refractivity (Wildman–Crippen MR) is 111 cm³/mol. The fourth-order valence-electron chi connectivity index (χ4n) is 3.57. The fraction of sp³-hybridized carbons (Fsp3) is 0.800. The molecule has 0 unspecified atom stereocenters. The summed E-state index contributed by atoms with van der Waals surface area (Å²) < 4.78 is 18.2. The summed E-state index contributed by atoms with van der Waals surface area (Å²) in [6, 6.07) is 0. The molecule has 8 heteroatoms. The average molecular weight is 396 g/mol. The molecule has 1 N–H and O–H groups in total. The second-order valence-electron chi connectivity index (χ2n) is 7.17. The van der Waals surface area contributed by atoms with E-state index in [-0.39, 0.29) is 0 Å². The summed E-state index contributed by atoms with van der Waals surface area (Å²) in [6.07, 6.45) is 3.35. The van der Waals surface area contributed by atoms with E-state index in [1.807, 2.05) is 11.7 Å². The molecule has 1 aliphatic rings. The zero-order valence-electron chi connectivity index (χ0n) is 18.2. The Morgan fingerprint density at radius 2 is 1.86 bits per heavy atom. The van der Waals surface area contributed by atoms with Crippen molar-refractivity contribution in [1.82, 2.24) is 20.0 Å². The van der Waals surface area contributed by atoms with Crippen molar-refractivity contribution in [3.05, 3.63) is 17.0 Å². The molecule has 1 fully saturated rings. The monoisotopic (exact) mass is 395 g/mol. The molecule has 160 valence electrons. The van der Waals surface area contributed by atoms with E-state index in [0.717, 1.165) is 70.3 Å². The summed E-state index contributed by atoms with van der Waals surface area (Å²) in [6.45, 7) is 9.79. The van der Waals surface area contributed by atoms with Crippen LogP contribution in [0, 0.1) is 13.8 Å². The second-order valence-corrected chi connectivity index (χ2v) is 7.17. The highest BCUT2D eigenvalue weighted by Crippen LogP contribution is 2.16. The van der Waals surface area contributed by atoms with E-state index < -0.39 is 0 Å². The molecule has 2 rings (SSSR count). The Morgan fingerprint density at radius 1 is 1.14 bits per heavy atom. The van der Waals surface area contributed by atoms with Crippen molar-refractivity contribution >= 4 is 5.96 Å². The zero-order chi connectivity index (χ0) is 20.4. The molecule has 2 heterocycles. The van der Waals surface area contributed by atoms with Crippen LogP contribution in [0.3, 0.4) is 0 Å². The van der Waals surface area contributed by atoms with Crippen LogP contribution in [0.5, 0.6) is 0 Å². The highest BCUT2D eigenvalue weighted by Gasteiger charge is 2.22. The minimum Gasteiger partial charge on any atom is -0.385 e. The van der Waals surface area contributed by atoms with E-state index in [1.54, 1.807) is 14.2 Å². The predicted octanol–water partition coefficient (Wildman–Crippen LogP) is 1.74. The third-order valence-corrected chi connectivity index (χ3v) is 5.26. The minimum atomic E-state index is 0.342. The fourth-order valence-corrected chi connectivity index (χ4v) is 3.57. The standard InChI is InChI=1S/C20H37N5O3/c1-16-19(17(2)25(23-16)11-14-27-5)15-22-20(21-3)24-9-7-18(8-10-24)28-13-6-12-26-4/h18H,6-15H2,1-5H3,(H,21,22). The van der Waals surface area contributed by atoms with E-state index in [0.29, 0.717) is 12.7 Å². The Kier molecular flexibility index (Phi) is 9.73. The van der Waals surface area contributed by atoms with Gasteiger partial charge in [-0.05, 0) is 33.1 Å². The van der Waals surface area contributed by atoms with Gasteiger partial charge in [0.15, 0.2) is 5.96 Å². The molecular formula is C20H37N5O3. The van der Waals surface area contributed by atoms with Gasteiger partial charge in [-0.3, -0.25) is 9.67 Å². The van der Waals surface area contributed by atoms with Gasteiger partial charge in [0.2, 0.25) is 0 Å². The number of guanidine groups is 1. The van der Waals surface area contributed by atoms with Crippen LogP contribution in [-0.4, -0.2) is 80.9 Å². The van der Waals surface area contributed by atoms with Crippen molar-refractivity contribution in [2.45, 2.75) is 52.3 Å². The van der Waals surface area contributed by atoms with E-state index in [9.17, 15) is 0 Å². The van der Waals surface area contributed by atoms with Crippen LogP contribution in [0.1, 0.15) is 36.2 Å². The number of likely N-dealkylation sites (tertiary alicyclic amines) is 1. The molecule has 0 bridgehead atoms. The van der Waals surface area contributed by atoms with Gasteiger partial charge >= 0.3 is 0 Å². The van der Waals surface area contributed by atoms with Crippen LogP contribution in [0.4, 0.5) is 0 Å². The summed E-state index contributed by atoms with van der Waals surface area (Å²) in [4.78, 5) is 6.80. The number of hydrogen-bond acceptors (Lipinski definition) is 5. The van der Waals surface area contributed by atoms with E-state index >= 15 is 0 Å². The lowest BCUT2D eigenvalue weighted by atomic mass is 10.1. The van der Waals surface area contributed by atoms with Crippen molar-refractivity contribution in [1.29, 1.82) is 0 Å². The largest absolute Gasteiger partial charge is 0.385 e. The molecule has 1 aromatic rings. The van der Waals surface area contributed by atoms with Crippen molar-refractivity contribution in [2.24, 2.45) is 4.99 Å². The van der Waals surface area contributed by atoms with Crippen LogP contribution < -0.4 is 5.32 Å². The van der Waals surface area contributed by atoms with Gasteiger partial charge in [-0.15, -0.1) is 0 Å². The maximum absolute atomic E-state index is 5.95. The lowest BCUT2D eigenvalue weighted by Crippen LogP contribution is -2.46. The second kappa shape index (κ2) is 12.0. The molecule has 0 atom stereocenters. The molecule has 0 aromatic carbocycles. The normalized spacial score (nSPS) is 16.0. The highest BCUT2D eigenvalue weighted by molar-refractivity contribution is 5.80. The van der Waals surface area contributed by atoms with Gasteiger partial charge in [-0.2, -0.15) is 5.10 Å². The first kappa shape index (κ1) is 22.6. The third-order valence-electron chi connectivity index (χ3n) is 5.26. The van der Waals surface area contributed by atoms with Crippen molar-refractivity contribution < 1.29 is 14.2 Å². The van der Waals surface area contributed by atoms with E-state index in [1.165, 1.54) is 11.3 Å². The summed E-state index contributed by atoms with van der Waals surface area (Å²) in [7, 11) is 5.29. The molecule has 28 heavy (non-hydrogen) atoms. The Bertz CT molecular complexity index is 609. The number of rotatable bonds is 10. The Balaban J connectivity index is 1.82. The van der Waals surface area contributed by atoms with E-state index in [4.69, 9.17) is 14.2 Å². The number of aromatic nitrogens is 2. The van der Waals surface area contributed by atoms with Gasteiger partial charge in [0.1, 0.15) is 0 Å². The number of aliphatic imine (C=N–C) groups is 1. The van der Waals surface area contributed by atoms with E-state index in [2.05, 4.69) is 34.2 Å². The summed E-state index contributed by atoms with van der Waals surface area (Å²) in [5.41, 5.74) is 3.47. The first-order chi connectivity index (χ1) is 13.6. The van der Waals surface area contributed by atoms with Gasteiger partial charge in [0.05, 0.1) is 24.9 Å². The third kappa shape index (κ3) is 6.46. The molecule has 8 nitrogen and oxygen atoms in total. The quantitative estimate of drug-likeness (QED) is 0.370. The summed E-state index contributed by atoms with van der Waals surface area (Å²) in [5.74, 6) is 0.946. The van der Waals surface area contributed by atoms with Gasteiger partial charge < -0.3 is 24.4 Å². The lowest BCUT2D eigenvalue weighted by molar-refractivity contribution is 0.00989. The first-order valence-electron chi connectivity index (χ1n) is 10.2. The Morgan fingerprint density at radius 3 is 2.50 bits per heavy atom. The smallest absolute Gasteiger partial charge is 0.193 e. The number of methoxy groups -OCH3 is 2. The number of hydrogen-bond donors (Lipinski definition) is 1. The van der Waals surface area contributed by atoms with Gasteiger partial charge in [0.25, 0.3) is 0 Å². The van der Waals surface area contributed by atoms with Crippen LogP contribution in [0.15, 0.2) is 4.99 Å². The molecule has 0 aliphatic carbocycles. The summed E-state index contributed by atoms with van der Waals surface area (Å²) >= 11 is 0. The van der Waals surface area contributed by atoms with Crippen molar-refractivity contribution in [2.75, 3.05) is 54.2 Å². The molecule has 1 aliphatic heterocycles. The van der Waals surface area contributed by atoms with Gasteiger partial charge in [-0.1, -0.05) is 0 Å². The molecule has 0 radical (unpaired) electrons. The SMILES string of the molecule is CN=C(NCc1c(C)nn(CCOC)c1C)N1CCC(OCCCOC)CC1. The Labute approximate surface area is 169 Å². The minimum absolute atomic E-state index is 0.342. The van der Waals surface area contributed by atoms with Crippen LogP contribution in [0.2, 0.25) is 0 Å². The maximum Gasteiger partial charge on any atom is 0.193 e. The maximum atomic E-state index is 5.95. The topological polar surface area (TPSA) is 73.1 Å². The molecule has 0 amide bonds. The molecule has 1 aromatic heterocycles. The average Bonchev–Trinajstić information content (AvgIpc) is 2.98. The van der Waals surface area contributed by atoms with Crippen LogP contribution in [0.25, 0.3) is 0 Å².